The minimum absolute atomic E-state index is 0.00868. The quantitative estimate of drug-likeness (QED) is 0.853. The summed E-state index contributed by atoms with van der Waals surface area (Å²) < 4.78 is 61.2. The molecule has 1 rings (SSSR count). The molecular formula is C14H20F3NO2S. The van der Waals surface area contributed by atoms with Gasteiger partial charge in [0.1, 0.15) is 0 Å². The number of halogens is 3. The second-order valence-corrected chi connectivity index (χ2v) is 7.15. The first-order valence-corrected chi connectivity index (χ1v) is 8.24. The van der Waals surface area contributed by atoms with E-state index < -0.39 is 20.2 Å². The molecular weight excluding hydrogens is 303 g/mol. The molecule has 0 aromatic heterocycles. The monoisotopic (exact) mass is 323 g/mol. The van der Waals surface area contributed by atoms with Gasteiger partial charge in [0.25, 0.3) is 9.84 Å². The number of sulfone groups is 1. The standard InChI is InChI=1S/C14H20F3NO2S/c1-4-10(2)9-11(3)18-12-7-5-6-8-13(12)21(19,20)14(15,16)17/h5-8,10-11,18H,4,9H2,1-3H3. The van der Waals surface area contributed by atoms with Gasteiger partial charge >= 0.3 is 5.51 Å². The second-order valence-electron chi connectivity index (χ2n) is 5.24. The smallest absolute Gasteiger partial charge is 0.382 e. The molecule has 21 heavy (non-hydrogen) atoms. The van der Waals surface area contributed by atoms with Gasteiger partial charge in [-0.25, -0.2) is 8.42 Å². The highest BCUT2D eigenvalue weighted by Gasteiger charge is 2.47. The molecule has 0 aliphatic carbocycles. The number of benzene rings is 1. The van der Waals surface area contributed by atoms with E-state index in [0.717, 1.165) is 18.9 Å². The van der Waals surface area contributed by atoms with Crippen LogP contribution in [0.3, 0.4) is 0 Å². The summed E-state index contributed by atoms with van der Waals surface area (Å²) >= 11 is 0. The van der Waals surface area contributed by atoms with Gasteiger partial charge in [0.2, 0.25) is 0 Å². The van der Waals surface area contributed by atoms with Gasteiger partial charge < -0.3 is 5.32 Å². The Bertz CT molecular complexity index is 570. The molecule has 0 radical (unpaired) electrons. The van der Waals surface area contributed by atoms with Crippen molar-refractivity contribution in [2.24, 2.45) is 5.92 Å². The molecule has 0 fully saturated rings. The topological polar surface area (TPSA) is 46.2 Å². The van der Waals surface area contributed by atoms with Gasteiger partial charge in [0.15, 0.2) is 0 Å². The fourth-order valence-electron chi connectivity index (χ4n) is 2.04. The highest BCUT2D eigenvalue weighted by Crippen LogP contribution is 2.34. The lowest BCUT2D eigenvalue weighted by Gasteiger charge is -2.21. The number of nitrogens with one attached hydrogen (secondary N) is 1. The van der Waals surface area contributed by atoms with Crippen LogP contribution in [0.15, 0.2) is 29.2 Å². The molecule has 1 N–H and O–H groups in total. The Hall–Kier alpha value is -1.24. The van der Waals surface area contributed by atoms with Crippen LogP contribution in [-0.4, -0.2) is 20.0 Å². The largest absolute Gasteiger partial charge is 0.501 e. The van der Waals surface area contributed by atoms with Gasteiger partial charge in [0.05, 0.1) is 10.6 Å². The predicted molar refractivity (Wildman–Crippen MR) is 76.8 cm³/mol. The first-order valence-electron chi connectivity index (χ1n) is 6.76. The Kier molecular flexibility index (Phi) is 5.67. The van der Waals surface area contributed by atoms with Crippen molar-refractivity contribution in [3.63, 3.8) is 0 Å². The SMILES string of the molecule is CCC(C)CC(C)Nc1ccccc1S(=O)(=O)C(F)(F)F. The first kappa shape index (κ1) is 17.8. The van der Waals surface area contributed by atoms with Crippen LogP contribution in [0.4, 0.5) is 18.9 Å². The molecule has 0 saturated carbocycles. The number of alkyl halides is 3. The Morgan fingerprint density at radius 3 is 2.29 bits per heavy atom. The molecule has 120 valence electrons. The van der Waals surface area contributed by atoms with E-state index in [2.05, 4.69) is 5.32 Å². The number of anilines is 1. The van der Waals surface area contributed by atoms with Crippen molar-refractivity contribution in [3.8, 4) is 0 Å². The van der Waals surface area contributed by atoms with Crippen LogP contribution in [0.1, 0.15) is 33.6 Å². The van der Waals surface area contributed by atoms with Crippen molar-refractivity contribution in [3.05, 3.63) is 24.3 Å². The molecule has 0 spiro atoms. The lowest BCUT2D eigenvalue weighted by atomic mass is 10.0. The highest BCUT2D eigenvalue weighted by atomic mass is 32.2. The molecule has 0 bridgehead atoms. The lowest BCUT2D eigenvalue weighted by molar-refractivity contribution is -0.0435. The molecule has 7 heteroatoms. The summed E-state index contributed by atoms with van der Waals surface area (Å²) in [7, 11) is -5.35. The van der Waals surface area contributed by atoms with E-state index in [4.69, 9.17) is 0 Å². The minimum Gasteiger partial charge on any atom is -0.382 e. The molecule has 0 aliphatic heterocycles. The fraction of sp³-hybridized carbons (Fsp3) is 0.571. The molecule has 1 aromatic carbocycles. The number of hydrogen-bond acceptors (Lipinski definition) is 3. The van der Waals surface area contributed by atoms with Gasteiger partial charge in [-0.15, -0.1) is 0 Å². The summed E-state index contributed by atoms with van der Waals surface area (Å²) in [4.78, 5) is -0.728. The summed E-state index contributed by atoms with van der Waals surface area (Å²) in [6.07, 6.45) is 1.70. The molecule has 2 atom stereocenters. The van der Waals surface area contributed by atoms with Crippen LogP contribution in [0, 0.1) is 5.92 Å². The van der Waals surface area contributed by atoms with Crippen LogP contribution in [0.5, 0.6) is 0 Å². The first-order chi connectivity index (χ1) is 9.59. The van der Waals surface area contributed by atoms with Gasteiger partial charge in [0, 0.05) is 6.04 Å². The van der Waals surface area contributed by atoms with Crippen LogP contribution in [0.25, 0.3) is 0 Å². The summed E-state index contributed by atoms with van der Waals surface area (Å²) in [5.74, 6) is 0.402. The molecule has 2 unspecified atom stereocenters. The molecule has 1 aromatic rings. The maximum Gasteiger partial charge on any atom is 0.501 e. The normalized spacial score (nSPS) is 15.5. The van der Waals surface area contributed by atoms with E-state index in [9.17, 15) is 21.6 Å². The molecule has 0 amide bonds. The van der Waals surface area contributed by atoms with Gasteiger partial charge in [-0.05, 0) is 31.4 Å². The summed E-state index contributed by atoms with van der Waals surface area (Å²) in [5.41, 5.74) is -5.31. The van der Waals surface area contributed by atoms with Gasteiger partial charge in [-0.3, -0.25) is 0 Å². The van der Waals surface area contributed by atoms with E-state index in [1.54, 1.807) is 0 Å². The number of rotatable bonds is 6. The van der Waals surface area contributed by atoms with Crippen molar-refractivity contribution in [2.45, 2.75) is 50.1 Å². The van der Waals surface area contributed by atoms with E-state index >= 15 is 0 Å². The van der Waals surface area contributed by atoms with Gasteiger partial charge in [-0.2, -0.15) is 13.2 Å². The highest BCUT2D eigenvalue weighted by molar-refractivity contribution is 7.92. The third-order valence-electron chi connectivity index (χ3n) is 3.34. The molecule has 0 saturated heterocycles. The fourth-order valence-corrected chi connectivity index (χ4v) is 2.96. The number of hydrogen-bond donors (Lipinski definition) is 1. The molecule has 3 nitrogen and oxygen atoms in total. The minimum atomic E-state index is -5.35. The Morgan fingerprint density at radius 2 is 1.76 bits per heavy atom. The summed E-state index contributed by atoms with van der Waals surface area (Å²) in [6, 6.07) is 4.99. The molecule has 0 aliphatic rings. The van der Waals surface area contributed by atoms with Crippen molar-refractivity contribution in [1.29, 1.82) is 0 Å². The Labute approximate surface area is 123 Å². The van der Waals surface area contributed by atoms with E-state index in [0.29, 0.717) is 5.92 Å². The van der Waals surface area contributed by atoms with Crippen LogP contribution >= 0.6 is 0 Å². The summed E-state index contributed by atoms with van der Waals surface area (Å²) in [5, 5.41) is 2.87. The second kappa shape index (κ2) is 6.68. The zero-order valence-electron chi connectivity index (χ0n) is 12.2. The Morgan fingerprint density at radius 1 is 1.19 bits per heavy atom. The predicted octanol–water partition coefficient (Wildman–Crippen LogP) is 4.22. The third-order valence-corrected chi connectivity index (χ3v) is 4.88. The van der Waals surface area contributed by atoms with Crippen molar-refractivity contribution < 1.29 is 21.6 Å². The van der Waals surface area contributed by atoms with Crippen LogP contribution in [-0.2, 0) is 9.84 Å². The van der Waals surface area contributed by atoms with Crippen molar-refractivity contribution in [2.75, 3.05) is 5.32 Å². The zero-order valence-corrected chi connectivity index (χ0v) is 13.1. The maximum atomic E-state index is 12.7. The van der Waals surface area contributed by atoms with Crippen molar-refractivity contribution in [1.82, 2.24) is 0 Å². The average molecular weight is 323 g/mol. The van der Waals surface area contributed by atoms with Crippen LogP contribution < -0.4 is 5.32 Å². The van der Waals surface area contributed by atoms with E-state index in [-0.39, 0.29) is 11.7 Å². The van der Waals surface area contributed by atoms with Crippen LogP contribution in [0.2, 0.25) is 0 Å². The maximum absolute atomic E-state index is 12.7. The average Bonchev–Trinajstić information content (AvgIpc) is 2.37. The summed E-state index contributed by atoms with van der Waals surface area (Å²) in [6.45, 7) is 5.89. The van der Waals surface area contributed by atoms with E-state index in [1.165, 1.54) is 18.2 Å². The van der Waals surface area contributed by atoms with Gasteiger partial charge in [-0.1, -0.05) is 32.4 Å². The Balaban J connectivity index is 3.06. The third kappa shape index (κ3) is 4.36. The molecule has 0 heterocycles. The lowest BCUT2D eigenvalue weighted by Crippen LogP contribution is -2.26. The number of para-hydroxylation sites is 1. The van der Waals surface area contributed by atoms with Crippen molar-refractivity contribution >= 4 is 15.5 Å². The van der Waals surface area contributed by atoms with E-state index in [1.807, 2.05) is 20.8 Å². The zero-order chi connectivity index (χ0) is 16.3.